The van der Waals surface area contributed by atoms with Crippen LogP contribution in [0.4, 0.5) is 0 Å². The molecule has 20 heavy (non-hydrogen) atoms. The second-order valence-corrected chi connectivity index (χ2v) is 5.79. The van der Waals surface area contributed by atoms with E-state index in [1.807, 2.05) is 12.1 Å². The number of carboxylic acids is 1. The molecule has 0 atom stereocenters. The Morgan fingerprint density at radius 3 is 2.40 bits per heavy atom. The summed E-state index contributed by atoms with van der Waals surface area (Å²) in [6.07, 6.45) is 12.0. The maximum atomic E-state index is 10.9. The van der Waals surface area contributed by atoms with Gasteiger partial charge in [-0.25, -0.2) is 4.79 Å². The molecule has 0 unspecified atom stereocenters. The molecule has 2 nitrogen and oxygen atoms in total. The van der Waals surface area contributed by atoms with Gasteiger partial charge in [-0.05, 0) is 75.0 Å². The fraction of sp³-hybridized carbons (Fsp3) is 0.500. The van der Waals surface area contributed by atoms with Gasteiger partial charge in [0.25, 0.3) is 0 Å². The van der Waals surface area contributed by atoms with E-state index in [9.17, 15) is 4.79 Å². The van der Waals surface area contributed by atoms with Crippen molar-refractivity contribution in [3.63, 3.8) is 0 Å². The van der Waals surface area contributed by atoms with E-state index < -0.39 is 5.97 Å². The predicted molar refractivity (Wildman–Crippen MR) is 82.1 cm³/mol. The SMILES string of the molecule is C/C=C/CCC1CCC(c2ccc(C(=O)O)cc2)CC1. The summed E-state index contributed by atoms with van der Waals surface area (Å²) < 4.78 is 0. The van der Waals surface area contributed by atoms with Crippen LogP contribution in [-0.2, 0) is 0 Å². The largest absolute Gasteiger partial charge is 0.478 e. The van der Waals surface area contributed by atoms with Crippen LogP contribution in [-0.4, -0.2) is 11.1 Å². The zero-order valence-electron chi connectivity index (χ0n) is 12.2. The quantitative estimate of drug-likeness (QED) is 0.764. The van der Waals surface area contributed by atoms with E-state index >= 15 is 0 Å². The number of benzene rings is 1. The average molecular weight is 272 g/mol. The van der Waals surface area contributed by atoms with Gasteiger partial charge in [-0.1, -0.05) is 24.3 Å². The van der Waals surface area contributed by atoms with Crippen LogP contribution in [0.3, 0.4) is 0 Å². The Morgan fingerprint density at radius 1 is 1.20 bits per heavy atom. The van der Waals surface area contributed by atoms with Crippen molar-refractivity contribution in [2.24, 2.45) is 5.92 Å². The fourth-order valence-electron chi connectivity index (χ4n) is 3.18. The van der Waals surface area contributed by atoms with Crippen LogP contribution < -0.4 is 0 Å². The van der Waals surface area contributed by atoms with Gasteiger partial charge in [-0.15, -0.1) is 0 Å². The van der Waals surface area contributed by atoms with E-state index in [2.05, 4.69) is 19.1 Å². The van der Waals surface area contributed by atoms with Crippen LogP contribution in [0.2, 0.25) is 0 Å². The van der Waals surface area contributed by atoms with Gasteiger partial charge in [-0.2, -0.15) is 0 Å². The number of aromatic carboxylic acids is 1. The Bertz CT molecular complexity index is 451. The molecule has 2 heteroatoms. The molecule has 108 valence electrons. The lowest BCUT2D eigenvalue weighted by molar-refractivity contribution is 0.0697. The lowest BCUT2D eigenvalue weighted by atomic mass is 9.77. The molecule has 0 amide bonds. The van der Waals surface area contributed by atoms with Crippen LogP contribution in [0.5, 0.6) is 0 Å². The van der Waals surface area contributed by atoms with Gasteiger partial charge in [-0.3, -0.25) is 0 Å². The number of hydrogen-bond donors (Lipinski definition) is 1. The number of carbonyl (C=O) groups is 1. The molecule has 1 saturated carbocycles. The summed E-state index contributed by atoms with van der Waals surface area (Å²) in [6.45, 7) is 2.08. The fourth-order valence-corrected chi connectivity index (χ4v) is 3.18. The Labute approximate surface area is 121 Å². The number of rotatable bonds is 5. The summed E-state index contributed by atoms with van der Waals surface area (Å²) in [5, 5.41) is 8.92. The van der Waals surface area contributed by atoms with Crippen molar-refractivity contribution in [1.29, 1.82) is 0 Å². The van der Waals surface area contributed by atoms with E-state index in [1.54, 1.807) is 12.1 Å². The summed E-state index contributed by atoms with van der Waals surface area (Å²) in [7, 11) is 0. The van der Waals surface area contributed by atoms with Crippen LogP contribution in [0.1, 0.15) is 67.3 Å². The summed E-state index contributed by atoms with van der Waals surface area (Å²) in [5.74, 6) is 0.654. The van der Waals surface area contributed by atoms with E-state index in [4.69, 9.17) is 5.11 Å². The average Bonchev–Trinajstić information content (AvgIpc) is 2.48. The first kappa shape index (κ1) is 14.8. The van der Waals surface area contributed by atoms with Crippen molar-refractivity contribution >= 4 is 5.97 Å². The lowest BCUT2D eigenvalue weighted by Gasteiger charge is -2.28. The molecule has 1 aliphatic rings. The van der Waals surface area contributed by atoms with Gasteiger partial charge >= 0.3 is 5.97 Å². The summed E-state index contributed by atoms with van der Waals surface area (Å²) in [6, 6.07) is 7.45. The highest BCUT2D eigenvalue weighted by Gasteiger charge is 2.21. The topological polar surface area (TPSA) is 37.3 Å². The third-order valence-electron chi connectivity index (χ3n) is 4.45. The molecule has 0 radical (unpaired) electrons. The summed E-state index contributed by atoms with van der Waals surface area (Å²) >= 11 is 0. The van der Waals surface area contributed by atoms with E-state index in [0.29, 0.717) is 11.5 Å². The molecule has 1 N–H and O–H groups in total. The van der Waals surface area contributed by atoms with Crippen molar-refractivity contribution < 1.29 is 9.90 Å². The standard InChI is InChI=1S/C18H24O2/c1-2-3-4-5-14-6-8-15(9-7-14)16-10-12-17(13-11-16)18(19)20/h2-3,10-15H,4-9H2,1H3,(H,19,20)/b3-2+. The molecule has 0 aliphatic heterocycles. The van der Waals surface area contributed by atoms with Gasteiger partial charge in [0.05, 0.1) is 5.56 Å². The second kappa shape index (κ2) is 7.28. The molecule has 1 aliphatic carbocycles. The zero-order chi connectivity index (χ0) is 14.4. The number of hydrogen-bond acceptors (Lipinski definition) is 1. The monoisotopic (exact) mass is 272 g/mol. The molecular weight excluding hydrogens is 248 g/mol. The van der Waals surface area contributed by atoms with Crippen molar-refractivity contribution in [2.45, 2.75) is 51.4 Å². The number of allylic oxidation sites excluding steroid dienone is 2. The van der Waals surface area contributed by atoms with Crippen molar-refractivity contribution in [2.75, 3.05) is 0 Å². The molecule has 1 aromatic carbocycles. The second-order valence-electron chi connectivity index (χ2n) is 5.79. The minimum Gasteiger partial charge on any atom is -0.478 e. The predicted octanol–water partition coefficient (Wildman–Crippen LogP) is 5.01. The first-order valence-corrected chi connectivity index (χ1v) is 7.65. The van der Waals surface area contributed by atoms with Crippen LogP contribution >= 0.6 is 0 Å². The van der Waals surface area contributed by atoms with Gasteiger partial charge < -0.3 is 5.11 Å². The van der Waals surface area contributed by atoms with Gasteiger partial charge in [0.2, 0.25) is 0 Å². The van der Waals surface area contributed by atoms with Crippen molar-refractivity contribution in [3.8, 4) is 0 Å². The highest BCUT2D eigenvalue weighted by molar-refractivity contribution is 5.87. The molecule has 1 fully saturated rings. The highest BCUT2D eigenvalue weighted by Crippen LogP contribution is 2.37. The van der Waals surface area contributed by atoms with Crippen LogP contribution in [0, 0.1) is 5.92 Å². The first-order chi connectivity index (χ1) is 9.70. The first-order valence-electron chi connectivity index (χ1n) is 7.65. The molecule has 0 heterocycles. The van der Waals surface area contributed by atoms with E-state index in [-0.39, 0.29) is 0 Å². The maximum Gasteiger partial charge on any atom is 0.335 e. The molecule has 0 aromatic heterocycles. The molecule has 1 aromatic rings. The van der Waals surface area contributed by atoms with Crippen molar-refractivity contribution in [1.82, 2.24) is 0 Å². The minimum absolute atomic E-state index is 0.383. The minimum atomic E-state index is -0.843. The third kappa shape index (κ3) is 3.96. The third-order valence-corrected chi connectivity index (χ3v) is 4.45. The normalized spacial score (nSPS) is 23.1. The molecule has 2 rings (SSSR count). The Balaban J connectivity index is 1.85. The zero-order valence-corrected chi connectivity index (χ0v) is 12.2. The lowest BCUT2D eigenvalue weighted by Crippen LogP contribution is -2.13. The van der Waals surface area contributed by atoms with Crippen molar-refractivity contribution in [3.05, 3.63) is 47.5 Å². The van der Waals surface area contributed by atoms with E-state index in [0.717, 1.165) is 5.92 Å². The Kier molecular flexibility index (Phi) is 5.40. The molecular formula is C18H24O2. The van der Waals surface area contributed by atoms with Crippen LogP contribution in [0.25, 0.3) is 0 Å². The van der Waals surface area contributed by atoms with E-state index in [1.165, 1.54) is 44.1 Å². The van der Waals surface area contributed by atoms with Gasteiger partial charge in [0, 0.05) is 0 Å². The summed E-state index contributed by atoms with van der Waals surface area (Å²) in [5.41, 5.74) is 1.69. The van der Waals surface area contributed by atoms with Gasteiger partial charge in [0.1, 0.15) is 0 Å². The van der Waals surface area contributed by atoms with Crippen LogP contribution in [0.15, 0.2) is 36.4 Å². The highest BCUT2D eigenvalue weighted by atomic mass is 16.4. The smallest absolute Gasteiger partial charge is 0.335 e. The molecule has 0 spiro atoms. The Morgan fingerprint density at radius 2 is 1.85 bits per heavy atom. The Hall–Kier alpha value is -1.57. The van der Waals surface area contributed by atoms with Gasteiger partial charge in [0.15, 0.2) is 0 Å². The maximum absolute atomic E-state index is 10.9. The number of carboxylic acid groups (broad SMARTS) is 1. The summed E-state index contributed by atoms with van der Waals surface area (Å²) in [4.78, 5) is 10.9. The molecule has 0 saturated heterocycles. The molecule has 0 bridgehead atoms.